The van der Waals surface area contributed by atoms with Crippen molar-refractivity contribution in [1.29, 1.82) is 0 Å². The lowest BCUT2D eigenvalue weighted by molar-refractivity contribution is 0.601. The number of aryl methyl sites for hydroxylation is 2. The smallest absolute Gasteiger partial charge is 0.191 e. The van der Waals surface area contributed by atoms with Crippen molar-refractivity contribution >= 4 is 51.1 Å². The Balaban J connectivity index is 0.00000364. The van der Waals surface area contributed by atoms with Crippen LogP contribution in [0.4, 0.5) is 0 Å². The zero-order chi connectivity index (χ0) is 19.2. The predicted molar refractivity (Wildman–Crippen MR) is 123 cm³/mol. The second-order valence-corrected chi connectivity index (χ2v) is 8.93. The number of hydrogen-bond acceptors (Lipinski definition) is 5. The van der Waals surface area contributed by atoms with Gasteiger partial charge in [0.15, 0.2) is 15.8 Å². The van der Waals surface area contributed by atoms with E-state index in [-0.39, 0.29) is 24.0 Å². The number of halogens is 1. The van der Waals surface area contributed by atoms with Gasteiger partial charge >= 0.3 is 0 Å². The molecule has 0 fully saturated rings. The fourth-order valence-electron chi connectivity index (χ4n) is 2.50. The van der Waals surface area contributed by atoms with Crippen LogP contribution in [0, 0.1) is 6.92 Å². The lowest BCUT2D eigenvalue weighted by Gasteiger charge is -2.11. The molecular formula is C18H27IN4O2S2. The molecule has 1 aromatic carbocycles. The molecule has 150 valence electrons. The molecule has 0 aliphatic carbocycles. The lowest BCUT2D eigenvalue weighted by Crippen LogP contribution is -2.36. The summed E-state index contributed by atoms with van der Waals surface area (Å²) in [6, 6.07) is 5.33. The first-order chi connectivity index (χ1) is 12.3. The van der Waals surface area contributed by atoms with Crippen LogP contribution in [-0.4, -0.2) is 32.2 Å². The predicted octanol–water partition coefficient (Wildman–Crippen LogP) is 3.29. The SMILES string of the molecule is CCNC(=NCc1ccc(S(C)(=O)=O)c(C)c1)NCc1csc(CC)n1.I. The van der Waals surface area contributed by atoms with Gasteiger partial charge in [-0.2, -0.15) is 0 Å². The van der Waals surface area contributed by atoms with Crippen molar-refractivity contribution in [3.63, 3.8) is 0 Å². The summed E-state index contributed by atoms with van der Waals surface area (Å²) in [6.07, 6.45) is 2.17. The number of nitrogens with zero attached hydrogens (tertiary/aromatic N) is 2. The molecule has 2 rings (SSSR count). The highest BCUT2D eigenvalue weighted by Crippen LogP contribution is 2.17. The van der Waals surface area contributed by atoms with E-state index in [0.29, 0.717) is 23.9 Å². The second kappa shape index (κ2) is 11.0. The zero-order valence-electron chi connectivity index (χ0n) is 16.1. The first-order valence-corrected chi connectivity index (χ1v) is 11.4. The molecule has 0 spiro atoms. The molecule has 0 atom stereocenters. The number of thiazole rings is 1. The van der Waals surface area contributed by atoms with Crippen LogP contribution in [0.1, 0.15) is 35.7 Å². The molecule has 0 aliphatic rings. The van der Waals surface area contributed by atoms with Gasteiger partial charge in [-0.3, -0.25) is 0 Å². The average molecular weight is 522 g/mol. The van der Waals surface area contributed by atoms with Crippen molar-refractivity contribution in [3.05, 3.63) is 45.4 Å². The highest BCUT2D eigenvalue weighted by molar-refractivity contribution is 14.0. The Hall–Kier alpha value is -1.20. The van der Waals surface area contributed by atoms with Gasteiger partial charge in [0, 0.05) is 18.2 Å². The summed E-state index contributed by atoms with van der Waals surface area (Å²) in [5, 5.41) is 9.68. The first kappa shape index (κ1) is 23.8. The monoisotopic (exact) mass is 522 g/mol. The van der Waals surface area contributed by atoms with Crippen LogP contribution in [0.25, 0.3) is 0 Å². The second-order valence-electron chi connectivity index (χ2n) is 6.01. The third-order valence-corrected chi connectivity index (χ3v) is 6.04. The van der Waals surface area contributed by atoms with E-state index in [1.165, 1.54) is 6.26 Å². The summed E-state index contributed by atoms with van der Waals surface area (Å²) in [4.78, 5) is 9.49. The Morgan fingerprint density at radius 3 is 2.56 bits per heavy atom. The Morgan fingerprint density at radius 1 is 1.26 bits per heavy atom. The molecule has 0 unspecified atom stereocenters. The van der Waals surface area contributed by atoms with Crippen molar-refractivity contribution in [2.45, 2.75) is 45.2 Å². The largest absolute Gasteiger partial charge is 0.357 e. The number of hydrogen-bond donors (Lipinski definition) is 2. The third-order valence-electron chi connectivity index (χ3n) is 3.74. The van der Waals surface area contributed by atoms with E-state index in [2.05, 4.69) is 32.9 Å². The quantitative estimate of drug-likeness (QED) is 0.331. The summed E-state index contributed by atoms with van der Waals surface area (Å²) in [7, 11) is -3.20. The maximum atomic E-state index is 11.7. The topological polar surface area (TPSA) is 83.5 Å². The van der Waals surface area contributed by atoms with E-state index in [1.807, 2.05) is 19.1 Å². The molecule has 1 heterocycles. The van der Waals surface area contributed by atoms with Crippen molar-refractivity contribution in [2.75, 3.05) is 12.8 Å². The van der Waals surface area contributed by atoms with Crippen molar-refractivity contribution in [1.82, 2.24) is 15.6 Å². The maximum Gasteiger partial charge on any atom is 0.191 e. The van der Waals surface area contributed by atoms with Crippen LogP contribution in [-0.2, 0) is 29.3 Å². The molecule has 2 N–H and O–H groups in total. The van der Waals surface area contributed by atoms with Crippen LogP contribution in [0.5, 0.6) is 0 Å². The molecule has 1 aromatic heterocycles. The van der Waals surface area contributed by atoms with E-state index in [1.54, 1.807) is 24.3 Å². The molecule has 0 radical (unpaired) electrons. The molecule has 9 heteroatoms. The van der Waals surface area contributed by atoms with Gasteiger partial charge in [-0.15, -0.1) is 35.3 Å². The molecule has 2 aromatic rings. The highest BCUT2D eigenvalue weighted by atomic mass is 127. The van der Waals surface area contributed by atoms with Crippen LogP contribution in [0.15, 0.2) is 33.5 Å². The highest BCUT2D eigenvalue weighted by Gasteiger charge is 2.10. The van der Waals surface area contributed by atoms with Crippen LogP contribution in [0.3, 0.4) is 0 Å². The number of sulfone groups is 1. The molecule has 0 aliphatic heterocycles. The normalized spacial score (nSPS) is 11.8. The number of aromatic nitrogens is 1. The van der Waals surface area contributed by atoms with Gasteiger partial charge in [-0.25, -0.2) is 18.4 Å². The molecular weight excluding hydrogens is 495 g/mol. The van der Waals surface area contributed by atoms with Crippen molar-refractivity contribution in [3.8, 4) is 0 Å². The van der Waals surface area contributed by atoms with Crippen molar-refractivity contribution < 1.29 is 8.42 Å². The molecule has 6 nitrogen and oxygen atoms in total. The van der Waals surface area contributed by atoms with Gasteiger partial charge < -0.3 is 10.6 Å². The minimum Gasteiger partial charge on any atom is -0.357 e. The third kappa shape index (κ3) is 7.38. The number of rotatable bonds is 7. The summed E-state index contributed by atoms with van der Waals surface area (Å²) in [5.41, 5.74) is 2.72. The van der Waals surface area contributed by atoms with E-state index in [0.717, 1.165) is 34.8 Å². The van der Waals surface area contributed by atoms with E-state index >= 15 is 0 Å². The van der Waals surface area contributed by atoms with Crippen LogP contribution >= 0.6 is 35.3 Å². The zero-order valence-corrected chi connectivity index (χ0v) is 20.0. The van der Waals surface area contributed by atoms with Gasteiger partial charge in [0.05, 0.1) is 28.7 Å². The van der Waals surface area contributed by atoms with E-state index in [9.17, 15) is 8.42 Å². The van der Waals surface area contributed by atoms with Gasteiger partial charge in [-0.05, 0) is 37.5 Å². The van der Waals surface area contributed by atoms with Gasteiger partial charge in [-0.1, -0.05) is 19.1 Å². The van der Waals surface area contributed by atoms with E-state index < -0.39 is 9.84 Å². The maximum absolute atomic E-state index is 11.7. The fraction of sp³-hybridized carbons (Fsp3) is 0.444. The lowest BCUT2D eigenvalue weighted by atomic mass is 10.1. The van der Waals surface area contributed by atoms with Gasteiger partial charge in [0.1, 0.15) is 0 Å². The summed E-state index contributed by atoms with van der Waals surface area (Å²) in [5.74, 6) is 0.711. The standard InChI is InChI=1S/C18H26N4O2S2.HI/c1-5-17-22-15(12-25-17)11-21-18(19-6-2)20-10-14-7-8-16(13(3)9-14)26(4,23)24;/h7-9,12H,5-6,10-11H2,1-4H3,(H2,19,20,21);1H. The fourth-order valence-corrected chi connectivity index (χ4v) is 4.21. The molecule has 0 saturated carbocycles. The Labute approximate surface area is 182 Å². The minimum atomic E-state index is -3.20. The van der Waals surface area contributed by atoms with E-state index in [4.69, 9.17) is 0 Å². The molecule has 27 heavy (non-hydrogen) atoms. The summed E-state index contributed by atoms with van der Waals surface area (Å²) in [6.45, 7) is 7.76. The van der Waals surface area contributed by atoms with Gasteiger partial charge in [0.25, 0.3) is 0 Å². The summed E-state index contributed by atoms with van der Waals surface area (Å²) >= 11 is 1.67. The number of aliphatic imine (C=N–C) groups is 1. The minimum absolute atomic E-state index is 0. The molecule has 0 saturated heterocycles. The number of nitrogens with one attached hydrogen (secondary N) is 2. The van der Waals surface area contributed by atoms with Crippen LogP contribution < -0.4 is 10.6 Å². The molecule has 0 bridgehead atoms. The van der Waals surface area contributed by atoms with Crippen LogP contribution in [0.2, 0.25) is 0 Å². The Kier molecular flexibility index (Phi) is 9.68. The average Bonchev–Trinajstić information content (AvgIpc) is 3.04. The summed E-state index contributed by atoms with van der Waals surface area (Å²) < 4.78 is 23.4. The number of guanidine groups is 1. The molecule has 0 amide bonds. The Morgan fingerprint density at radius 2 is 2.00 bits per heavy atom. The van der Waals surface area contributed by atoms with Crippen molar-refractivity contribution in [2.24, 2.45) is 4.99 Å². The van der Waals surface area contributed by atoms with Gasteiger partial charge in [0.2, 0.25) is 0 Å². The number of benzene rings is 1. The Bertz CT molecular complexity index is 879. The first-order valence-electron chi connectivity index (χ1n) is 8.58.